The minimum Gasteiger partial charge on any atom is -0.281 e. The Morgan fingerprint density at radius 3 is 1.32 bits per heavy atom. The van der Waals surface area contributed by atoms with E-state index in [2.05, 4.69) is 0 Å². The third kappa shape index (κ3) is 1.66. The van der Waals surface area contributed by atoms with Crippen LogP contribution in [0.5, 0.6) is 0 Å². The molecule has 1 nitrogen and oxygen atoms in total. The lowest BCUT2D eigenvalue weighted by Crippen LogP contribution is -2.70. The molecule has 0 spiro atoms. The second-order valence-electron chi connectivity index (χ2n) is 8.00. The molecule has 0 aromatic carbocycles. The van der Waals surface area contributed by atoms with E-state index in [9.17, 15) is 4.79 Å². The molecule has 1 saturated carbocycles. The van der Waals surface area contributed by atoms with Crippen LogP contribution in [-0.2, 0) is 4.79 Å². The maximum atomic E-state index is 15.0. The predicted octanol–water partition coefficient (Wildman–Crippen LogP) is 5.12. The molecule has 0 heterocycles. The summed E-state index contributed by atoms with van der Waals surface area (Å²) in [5, 5.41) is -0.522. The third-order valence-electron chi connectivity index (χ3n) is 6.46. The average molecular weight is 295 g/mol. The summed E-state index contributed by atoms with van der Waals surface area (Å²) in [5.41, 5.74) is -4.44. The fourth-order valence-electron chi connectivity index (χ4n) is 3.78. The van der Waals surface area contributed by atoms with Gasteiger partial charge in [0.25, 0.3) is 5.92 Å². The van der Waals surface area contributed by atoms with Gasteiger partial charge in [-0.05, 0) is 22.4 Å². The second kappa shape index (κ2) is 3.93. The van der Waals surface area contributed by atoms with Gasteiger partial charge in [-0.2, -0.15) is 0 Å². The van der Waals surface area contributed by atoms with Crippen molar-refractivity contribution >= 4 is 16.8 Å². The minimum atomic E-state index is -2.91. The first-order valence-electron chi connectivity index (χ1n) is 6.64. The Bertz CT molecular complexity index is 378. The first kappa shape index (κ1) is 16.9. The van der Waals surface area contributed by atoms with Gasteiger partial charge in [0.05, 0.1) is 0 Å². The van der Waals surface area contributed by atoms with Crippen LogP contribution in [0.25, 0.3) is 0 Å². The van der Waals surface area contributed by atoms with Crippen LogP contribution in [0.1, 0.15) is 55.4 Å². The molecule has 1 aliphatic rings. The van der Waals surface area contributed by atoms with Crippen molar-refractivity contribution in [3.05, 3.63) is 0 Å². The van der Waals surface area contributed by atoms with Crippen LogP contribution < -0.4 is 0 Å². The smallest absolute Gasteiger partial charge is 0.259 e. The highest BCUT2D eigenvalue weighted by Gasteiger charge is 2.75. The quantitative estimate of drug-likeness (QED) is 0.613. The van der Waals surface area contributed by atoms with Crippen molar-refractivity contribution in [1.29, 1.82) is 0 Å². The Balaban J connectivity index is 3.70. The molecule has 0 bridgehead atoms. The molecular formula is C15H25ClF2O. The lowest BCUT2D eigenvalue weighted by atomic mass is 9.39. The molecule has 1 aliphatic carbocycles. The fraction of sp³-hybridized carbons (Fsp3) is 0.933. The van der Waals surface area contributed by atoms with Crippen molar-refractivity contribution in [2.75, 3.05) is 0 Å². The number of alkyl halides is 2. The van der Waals surface area contributed by atoms with Crippen LogP contribution in [0.2, 0.25) is 0 Å². The van der Waals surface area contributed by atoms with E-state index in [1.807, 2.05) is 0 Å². The molecule has 1 fully saturated rings. The van der Waals surface area contributed by atoms with Gasteiger partial charge in [0, 0.05) is 16.7 Å². The minimum absolute atomic E-state index is 0.522. The van der Waals surface area contributed by atoms with Crippen LogP contribution in [-0.4, -0.2) is 11.2 Å². The van der Waals surface area contributed by atoms with Crippen molar-refractivity contribution in [3.63, 3.8) is 0 Å². The number of hydrogen-bond donors (Lipinski definition) is 0. The number of rotatable bonds is 1. The van der Waals surface area contributed by atoms with Crippen molar-refractivity contribution in [1.82, 2.24) is 0 Å². The Labute approximate surface area is 120 Å². The van der Waals surface area contributed by atoms with E-state index in [-0.39, 0.29) is 0 Å². The number of carbonyl (C=O) groups excluding carboxylic acids is 1. The first-order valence-corrected chi connectivity index (χ1v) is 7.02. The summed E-state index contributed by atoms with van der Waals surface area (Å²) in [4.78, 5) is 11.9. The summed E-state index contributed by atoms with van der Waals surface area (Å²) < 4.78 is 30.1. The Hall–Kier alpha value is -0.180. The summed E-state index contributed by atoms with van der Waals surface area (Å²) in [6.45, 7) is 13.1. The lowest BCUT2D eigenvalue weighted by Gasteiger charge is -2.67. The van der Waals surface area contributed by atoms with Crippen molar-refractivity contribution in [2.45, 2.75) is 61.3 Å². The van der Waals surface area contributed by atoms with E-state index in [0.29, 0.717) is 0 Å². The number of halogens is 3. The molecule has 0 N–H and O–H groups in total. The van der Waals surface area contributed by atoms with Gasteiger partial charge < -0.3 is 0 Å². The zero-order valence-electron chi connectivity index (χ0n) is 13.1. The molecule has 19 heavy (non-hydrogen) atoms. The molecule has 112 valence electrons. The standard InChI is InChI=1S/C15H25ClF2O/c1-11(2)9(10(16)19)12(3,4)14(7,8)15(17,18)13(11,5)6/h9H,1-8H3. The van der Waals surface area contributed by atoms with E-state index in [4.69, 9.17) is 11.6 Å². The number of hydrogen-bond acceptors (Lipinski definition) is 1. The summed E-state index contributed by atoms with van der Waals surface area (Å²) in [6.07, 6.45) is 0. The SMILES string of the molecule is CC1(C)C(C(=O)Cl)C(C)(C)C(C)(C)C(F)(F)C1(C)C. The van der Waals surface area contributed by atoms with Gasteiger partial charge in [-0.3, -0.25) is 4.79 Å². The van der Waals surface area contributed by atoms with Gasteiger partial charge in [-0.15, -0.1) is 0 Å². The van der Waals surface area contributed by atoms with Crippen molar-refractivity contribution in [2.24, 2.45) is 27.6 Å². The first-order chi connectivity index (χ1) is 8.07. The highest BCUT2D eigenvalue weighted by molar-refractivity contribution is 6.64. The highest BCUT2D eigenvalue weighted by Crippen LogP contribution is 2.72. The van der Waals surface area contributed by atoms with Gasteiger partial charge in [0.15, 0.2) is 0 Å². The van der Waals surface area contributed by atoms with Gasteiger partial charge in [-0.1, -0.05) is 55.4 Å². The van der Waals surface area contributed by atoms with Crippen molar-refractivity contribution in [3.8, 4) is 0 Å². The summed E-state index contributed by atoms with van der Waals surface area (Å²) in [5.74, 6) is -3.53. The summed E-state index contributed by atoms with van der Waals surface area (Å²) in [6, 6.07) is 0. The van der Waals surface area contributed by atoms with Gasteiger partial charge in [-0.25, -0.2) is 8.78 Å². The molecule has 0 amide bonds. The van der Waals surface area contributed by atoms with Crippen LogP contribution in [0.4, 0.5) is 8.78 Å². The molecule has 4 heteroatoms. The van der Waals surface area contributed by atoms with Crippen molar-refractivity contribution < 1.29 is 13.6 Å². The zero-order valence-corrected chi connectivity index (χ0v) is 13.9. The molecule has 0 aromatic heterocycles. The van der Waals surface area contributed by atoms with E-state index in [1.165, 1.54) is 27.7 Å². The Morgan fingerprint density at radius 2 is 1.11 bits per heavy atom. The van der Waals surface area contributed by atoms with Crippen LogP contribution in [0, 0.1) is 27.6 Å². The molecule has 0 unspecified atom stereocenters. The van der Waals surface area contributed by atoms with Gasteiger partial charge in [0.1, 0.15) is 0 Å². The summed E-state index contributed by atoms with van der Waals surface area (Å²) in [7, 11) is 0. The molecule has 1 rings (SSSR count). The third-order valence-corrected chi connectivity index (χ3v) is 6.68. The second-order valence-corrected chi connectivity index (χ2v) is 8.38. The molecule has 0 aliphatic heterocycles. The Kier molecular flexibility index (Phi) is 3.49. The molecular weight excluding hydrogens is 270 g/mol. The normalized spacial score (nSPS) is 30.9. The summed E-state index contributed by atoms with van der Waals surface area (Å²) >= 11 is 5.79. The van der Waals surface area contributed by atoms with E-state index in [1.54, 1.807) is 27.7 Å². The van der Waals surface area contributed by atoms with Gasteiger partial charge >= 0.3 is 0 Å². The predicted molar refractivity (Wildman–Crippen MR) is 74.4 cm³/mol. The molecule has 0 radical (unpaired) electrons. The highest BCUT2D eigenvalue weighted by atomic mass is 35.5. The molecule has 0 saturated heterocycles. The van der Waals surface area contributed by atoms with Crippen LogP contribution in [0.15, 0.2) is 0 Å². The van der Waals surface area contributed by atoms with Gasteiger partial charge in [0.2, 0.25) is 5.24 Å². The van der Waals surface area contributed by atoms with Crippen LogP contribution in [0.3, 0.4) is 0 Å². The largest absolute Gasteiger partial charge is 0.281 e. The number of carbonyl (C=O) groups is 1. The van der Waals surface area contributed by atoms with E-state index >= 15 is 8.78 Å². The zero-order chi connectivity index (χ0) is 15.7. The van der Waals surface area contributed by atoms with E-state index in [0.717, 1.165) is 0 Å². The topological polar surface area (TPSA) is 17.1 Å². The lowest BCUT2D eigenvalue weighted by molar-refractivity contribution is -0.312. The molecule has 0 aromatic rings. The van der Waals surface area contributed by atoms with E-state index < -0.39 is 38.7 Å². The molecule has 0 atom stereocenters. The maximum absolute atomic E-state index is 15.0. The van der Waals surface area contributed by atoms with Crippen LogP contribution >= 0.6 is 11.6 Å². The Morgan fingerprint density at radius 1 is 0.842 bits per heavy atom. The maximum Gasteiger partial charge on any atom is 0.259 e. The average Bonchev–Trinajstić information content (AvgIpc) is 2.12. The fourth-order valence-corrected chi connectivity index (χ4v) is 4.33. The monoisotopic (exact) mass is 294 g/mol.